The van der Waals surface area contributed by atoms with Crippen LogP contribution >= 0.6 is 0 Å². The molecule has 4 rings (SSSR count). The molecule has 0 unspecified atom stereocenters. The number of esters is 1. The molecule has 0 atom stereocenters. The molecule has 1 saturated carbocycles. The van der Waals surface area contributed by atoms with Gasteiger partial charge in [-0.25, -0.2) is 9.48 Å². The van der Waals surface area contributed by atoms with E-state index in [1.807, 2.05) is 17.0 Å². The largest absolute Gasteiger partial charge is 0.462 e. The highest BCUT2D eigenvalue weighted by Gasteiger charge is 2.35. The van der Waals surface area contributed by atoms with Gasteiger partial charge in [0, 0.05) is 37.7 Å². The van der Waals surface area contributed by atoms with Crippen molar-refractivity contribution in [3.05, 3.63) is 47.3 Å². The Bertz CT molecular complexity index is 954. The van der Waals surface area contributed by atoms with E-state index in [4.69, 9.17) is 4.74 Å². The molecule has 8 nitrogen and oxygen atoms in total. The van der Waals surface area contributed by atoms with Gasteiger partial charge < -0.3 is 14.5 Å². The van der Waals surface area contributed by atoms with Gasteiger partial charge in [-0.3, -0.25) is 9.59 Å². The van der Waals surface area contributed by atoms with E-state index in [1.165, 1.54) is 6.20 Å². The highest BCUT2D eigenvalue weighted by molar-refractivity contribution is 5.94. The quantitative estimate of drug-likeness (QED) is 0.705. The van der Waals surface area contributed by atoms with Crippen LogP contribution in [0.5, 0.6) is 0 Å². The van der Waals surface area contributed by atoms with E-state index in [0.29, 0.717) is 49.6 Å². The maximum atomic E-state index is 12.8. The van der Waals surface area contributed by atoms with Crippen molar-refractivity contribution in [3.63, 3.8) is 0 Å². The molecule has 30 heavy (non-hydrogen) atoms. The van der Waals surface area contributed by atoms with Gasteiger partial charge in [0.2, 0.25) is 5.91 Å². The average Bonchev–Trinajstić information content (AvgIpc) is 3.55. The van der Waals surface area contributed by atoms with E-state index < -0.39 is 5.97 Å². The van der Waals surface area contributed by atoms with Crippen LogP contribution in [0.25, 0.3) is 5.69 Å². The van der Waals surface area contributed by atoms with Crippen LogP contribution in [0, 0.1) is 12.8 Å². The maximum absolute atomic E-state index is 12.8. The number of hydrogen-bond donors (Lipinski definition) is 0. The second-order valence-electron chi connectivity index (χ2n) is 7.71. The lowest BCUT2D eigenvalue weighted by Gasteiger charge is -2.35. The third kappa shape index (κ3) is 3.94. The van der Waals surface area contributed by atoms with Gasteiger partial charge in [0.15, 0.2) is 0 Å². The van der Waals surface area contributed by atoms with Crippen LogP contribution in [0.15, 0.2) is 30.5 Å². The minimum atomic E-state index is -0.396. The molecule has 1 aliphatic heterocycles. The van der Waals surface area contributed by atoms with Crippen LogP contribution in [-0.2, 0) is 9.53 Å². The summed E-state index contributed by atoms with van der Waals surface area (Å²) >= 11 is 0. The fourth-order valence-electron chi connectivity index (χ4n) is 3.73. The third-order valence-corrected chi connectivity index (χ3v) is 5.67. The topological polar surface area (TPSA) is 84.7 Å². The van der Waals surface area contributed by atoms with Crippen molar-refractivity contribution in [3.8, 4) is 5.69 Å². The fraction of sp³-hybridized carbons (Fsp3) is 0.455. The molecule has 0 N–H and O–H groups in total. The summed E-state index contributed by atoms with van der Waals surface area (Å²) in [5.74, 6) is 0.0231. The number of rotatable bonds is 5. The van der Waals surface area contributed by atoms with Gasteiger partial charge in [-0.2, -0.15) is 5.10 Å². The lowest BCUT2D eigenvalue weighted by molar-refractivity contribution is -0.134. The van der Waals surface area contributed by atoms with E-state index in [0.717, 1.165) is 18.5 Å². The van der Waals surface area contributed by atoms with Crippen molar-refractivity contribution < 1.29 is 19.1 Å². The highest BCUT2D eigenvalue weighted by Crippen LogP contribution is 2.31. The molecule has 158 valence electrons. The predicted molar refractivity (Wildman–Crippen MR) is 109 cm³/mol. The van der Waals surface area contributed by atoms with Gasteiger partial charge in [-0.05, 0) is 51.0 Å². The first-order chi connectivity index (χ1) is 14.5. The molecule has 8 heteroatoms. The first-order valence-electron chi connectivity index (χ1n) is 10.4. The van der Waals surface area contributed by atoms with E-state index in [1.54, 1.807) is 35.6 Å². The zero-order valence-electron chi connectivity index (χ0n) is 17.3. The van der Waals surface area contributed by atoms with E-state index in [9.17, 15) is 14.4 Å². The molecular weight excluding hydrogens is 384 g/mol. The Labute approximate surface area is 175 Å². The summed E-state index contributed by atoms with van der Waals surface area (Å²) in [6, 6.07) is 7.17. The minimum absolute atomic E-state index is 0.0375. The van der Waals surface area contributed by atoms with E-state index in [2.05, 4.69) is 5.10 Å². The van der Waals surface area contributed by atoms with Crippen LogP contribution in [-0.4, -0.2) is 70.1 Å². The van der Waals surface area contributed by atoms with Gasteiger partial charge >= 0.3 is 5.97 Å². The summed E-state index contributed by atoms with van der Waals surface area (Å²) in [5, 5.41) is 4.28. The number of nitrogens with zero attached hydrogens (tertiary/aromatic N) is 4. The maximum Gasteiger partial charge on any atom is 0.341 e. The normalized spacial score (nSPS) is 16.5. The van der Waals surface area contributed by atoms with Gasteiger partial charge in [0.1, 0.15) is 5.56 Å². The first-order valence-corrected chi connectivity index (χ1v) is 10.4. The number of aromatic nitrogens is 2. The van der Waals surface area contributed by atoms with Gasteiger partial charge in [-0.1, -0.05) is 0 Å². The van der Waals surface area contributed by atoms with E-state index in [-0.39, 0.29) is 17.7 Å². The number of amides is 2. The van der Waals surface area contributed by atoms with Crippen molar-refractivity contribution in [2.45, 2.75) is 26.7 Å². The second kappa shape index (κ2) is 8.30. The van der Waals surface area contributed by atoms with Crippen LogP contribution in [0.4, 0.5) is 0 Å². The van der Waals surface area contributed by atoms with Crippen LogP contribution in [0.2, 0.25) is 0 Å². The summed E-state index contributed by atoms with van der Waals surface area (Å²) in [4.78, 5) is 40.7. The van der Waals surface area contributed by atoms with Crippen molar-refractivity contribution in [2.75, 3.05) is 32.8 Å². The van der Waals surface area contributed by atoms with E-state index >= 15 is 0 Å². The molecule has 2 heterocycles. The molecule has 1 aromatic carbocycles. The summed E-state index contributed by atoms with van der Waals surface area (Å²) in [7, 11) is 0. The highest BCUT2D eigenvalue weighted by atomic mass is 16.5. The van der Waals surface area contributed by atoms with Gasteiger partial charge in [0.25, 0.3) is 5.91 Å². The minimum Gasteiger partial charge on any atom is -0.462 e. The smallest absolute Gasteiger partial charge is 0.341 e. The Balaban J connectivity index is 1.41. The third-order valence-electron chi connectivity index (χ3n) is 5.67. The standard InChI is InChI=1S/C22H26N4O4/c1-3-30-22(29)19-14-23-26(15(19)2)18-8-6-17(7-9-18)21(28)25-12-10-24(11-13-25)20(27)16-4-5-16/h6-9,14,16H,3-5,10-13H2,1-2H3. The molecule has 2 aromatic rings. The molecule has 2 aliphatic rings. The summed E-state index contributed by atoms with van der Waals surface area (Å²) < 4.78 is 6.70. The Morgan fingerprint density at radius 3 is 2.27 bits per heavy atom. The second-order valence-corrected chi connectivity index (χ2v) is 7.71. The molecular formula is C22H26N4O4. The number of ether oxygens (including phenoxy) is 1. The Hall–Kier alpha value is -3.16. The zero-order valence-corrected chi connectivity index (χ0v) is 17.3. The molecule has 0 spiro atoms. The molecule has 1 aliphatic carbocycles. The molecule has 2 amide bonds. The Morgan fingerprint density at radius 1 is 1.03 bits per heavy atom. The lowest BCUT2D eigenvalue weighted by Crippen LogP contribution is -2.51. The van der Waals surface area contributed by atoms with Crippen LogP contribution < -0.4 is 0 Å². The van der Waals surface area contributed by atoms with Crippen LogP contribution in [0.1, 0.15) is 46.2 Å². The van der Waals surface area contributed by atoms with Crippen molar-refractivity contribution >= 4 is 17.8 Å². The molecule has 0 bridgehead atoms. The lowest BCUT2D eigenvalue weighted by atomic mass is 10.1. The number of piperazine rings is 1. The first kappa shape index (κ1) is 20.1. The summed E-state index contributed by atoms with van der Waals surface area (Å²) in [6.45, 7) is 6.19. The van der Waals surface area contributed by atoms with Crippen molar-refractivity contribution in [2.24, 2.45) is 5.92 Å². The predicted octanol–water partition coefficient (Wildman–Crippen LogP) is 2.05. The molecule has 1 saturated heterocycles. The molecule has 1 aromatic heterocycles. The van der Waals surface area contributed by atoms with Crippen LogP contribution in [0.3, 0.4) is 0 Å². The Kier molecular flexibility index (Phi) is 5.57. The number of hydrogen-bond acceptors (Lipinski definition) is 5. The average molecular weight is 410 g/mol. The van der Waals surface area contributed by atoms with Crippen molar-refractivity contribution in [1.29, 1.82) is 0 Å². The van der Waals surface area contributed by atoms with Gasteiger partial charge in [0.05, 0.1) is 24.2 Å². The van der Waals surface area contributed by atoms with Gasteiger partial charge in [-0.15, -0.1) is 0 Å². The Morgan fingerprint density at radius 2 is 1.67 bits per heavy atom. The fourth-order valence-corrected chi connectivity index (χ4v) is 3.73. The summed E-state index contributed by atoms with van der Waals surface area (Å²) in [6.07, 6.45) is 3.50. The number of benzene rings is 1. The zero-order chi connectivity index (χ0) is 21.3. The monoisotopic (exact) mass is 410 g/mol. The number of carbonyl (C=O) groups excluding carboxylic acids is 3. The number of carbonyl (C=O) groups is 3. The molecule has 0 radical (unpaired) electrons. The van der Waals surface area contributed by atoms with Crippen molar-refractivity contribution in [1.82, 2.24) is 19.6 Å². The summed E-state index contributed by atoms with van der Waals surface area (Å²) in [5.41, 5.74) is 2.47. The molecule has 2 fully saturated rings. The SMILES string of the molecule is CCOC(=O)c1cnn(-c2ccc(C(=O)N3CCN(C(=O)C4CC4)CC3)cc2)c1C.